The number of aryl methyl sites for hydroxylation is 1. The first-order valence-electron chi connectivity index (χ1n) is 6.34. The molecule has 20 heavy (non-hydrogen) atoms. The van der Waals surface area contributed by atoms with Gasteiger partial charge in [-0.1, -0.05) is 6.07 Å². The smallest absolute Gasteiger partial charge is 0.264 e. The van der Waals surface area contributed by atoms with Crippen LogP contribution in [0.1, 0.15) is 26.3 Å². The highest BCUT2D eigenvalue weighted by Crippen LogP contribution is 2.31. The second-order valence-corrected chi connectivity index (χ2v) is 7.18. The number of benzene rings is 1. The molecule has 0 radical (unpaired) electrons. The lowest BCUT2D eigenvalue weighted by molar-refractivity contribution is 0.121. The SMILES string of the molecule is Cc1ccc(OCCOS(C)(=O)=O)c(OC(C)(C)C)c1. The summed E-state index contributed by atoms with van der Waals surface area (Å²) >= 11 is 0. The minimum atomic E-state index is -3.44. The minimum Gasteiger partial charge on any atom is -0.487 e. The normalized spacial score (nSPS) is 12.2. The summed E-state index contributed by atoms with van der Waals surface area (Å²) in [7, 11) is -3.44. The molecule has 1 aromatic carbocycles. The Morgan fingerprint density at radius 2 is 1.75 bits per heavy atom. The van der Waals surface area contributed by atoms with Crippen LogP contribution in [0.3, 0.4) is 0 Å². The van der Waals surface area contributed by atoms with Gasteiger partial charge >= 0.3 is 0 Å². The molecule has 0 N–H and O–H groups in total. The second kappa shape index (κ2) is 6.45. The van der Waals surface area contributed by atoms with Crippen molar-refractivity contribution in [3.05, 3.63) is 23.8 Å². The van der Waals surface area contributed by atoms with Gasteiger partial charge < -0.3 is 9.47 Å². The van der Waals surface area contributed by atoms with Crippen molar-refractivity contribution in [3.8, 4) is 11.5 Å². The average Bonchev–Trinajstić information content (AvgIpc) is 2.23. The molecule has 0 aromatic heterocycles. The highest BCUT2D eigenvalue weighted by Gasteiger charge is 2.15. The third-order valence-electron chi connectivity index (χ3n) is 2.15. The van der Waals surface area contributed by atoms with E-state index in [0.717, 1.165) is 11.8 Å². The molecule has 0 fully saturated rings. The highest BCUT2D eigenvalue weighted by molar-refractivity contribution is 7.85. The summed E-state index contributed by atoms with van der Waals surface area (Å²) in [6, 6.07) is 5.59. The lowest BCUT2D eigenvalue weighted by atomic mass is 10.1. The zero-order valence-electron chi connectivity index (χ0n) is 12.6. The molecule has 0 aliphatic carbocycles. The van der Waals surface area contributed by atoms with Crippen LogP contribution in [0.2, 0.25) is 0 Å². The first-order chi connectivity index (χ1) is 9.07. The molecular weight excluding hydrogens is 280 g/mol. The molecule has 6 heteroatoms. The van der Waals surface area contributed by atoms with Crippen LogP contribution in [0.4, 0.5) is 0 Å². The third-order valence-corrected chi connectivity index (χ3v) is 2.75. The molecule has 1 rings (SSSR count). The molecule has 0 unspecified atom stereocenters. The summed E-state index contributed by atoms with van der Waals surface area (Å²) in [5, 5.41) is 0. The zero-order valence-corrected chi connectivity index (χ0v) is 13.4. The van der Waals surface area contributed by atoms with E-state index in [9.17, 15) is 8.42 Å². The van der Waals surface area contributed by atoms with E-state index in [4.69, 9.17) is 9.47 Å². The Morgan fingerprint density at radius 3 is 2.30 bits per heavy atom. The van der Waals surface area contributed by atoms with Crippen molar-refractivity contribution in [2.75, 3.05) is 19.5 Å². The lowest BCUT2D eigenvalue weighted by Crippen LogP contribution is -2.23. The van der Waals surface area contributed by atoms with Crippen LogP contribution in [0, 0.1) is 6.92 Å². The first-order valence-corrected chi connectivity index (χ1v) is 8.15. The maximum absolute atomic E-state index is 10.8. The molecular formula is C14H22O5S. The molecule has 0 atom stereocenters. The number of hydrogen-bond acceptors (Lipinski definition) is 5. The largest absolute Gasteiger partial charge is 0.487 e. The molecule has 114 valence electrons. The standard InChI is InChI=1S/C14H22O5S/c1-11-6-7-12(13(10-11)19-14(2,3)4)17-8-9-18-20(5,15)16/h6-7,10H,8-9H2,1-5H3. The predicted octanol–water partition coefficient (Wildman–Crippen LogP) is 2.53. The number of ether oxygens (including phenoxy) is 2. The Balaban J connectivity index is 2.69. The summed E-state index contributed by atoms with van der Waals surface area (Å²) in [4.78, 5) is 0. The number of hydrogen-bond donors (Lipinski definition) is 0. The fourth-order valence-corrected chi connectivity index (χ4v) is 1.85. The molecule has 0 heterocycles. The van der Waals surface area contributed by atoms with E-state index in [1.165, 1.54) is 0 Å². The summed E-state index contributed by atoms with van der Waals surface area (Å²) in [6.45, 7) is 7.92. The second-order valence-electron chi connectivity index (χ2n) is 5.54. The predicted molar refractivity (Wildman–Crippen MR) is 77.9 cm³/mol. The molecule has 0 aliphatic rings. The van der Waals surface area contributed by atoms with Crippen molar-refractivity contribution in [2.45, 2.75) is 33.3 Å². The Labute approximate surface area is 121 Å². The van der Waals surface area contributed by atoms with Crippen molar-refractivity contribution >= 4 is 10.1 Å². The van der Waals surface area contributed by atoms with Gasteiger partial charge in [-0.05, 0) is 45.4 Å². The van der Waals surface area contributed by atoms with Gasteiger partial charge in [-0.3, -0.25) is 4.18 Å². The van der Waals surface area contributed by atoms with E-state index >= 15 is 0 Å². The third kappa shape index (κ3) is 6.77. The van der Waals surface area contributed by atoms with E-state index in [1.807, 2.05) is 39.8 Å². The van der Waals surface area contributed by atoms with Crippen LogP contribution in [0.5, 0.6) is 11.5 Å². The Morgan fingerprint density at radius 1 is 1.10 bits per heavy atom. The van der Waals surface area contributed by atoms with Gasteiger partial charge in [0.1, 0.15) is 18.8 Å². The molecule has 0 amide bonds. The monoisotopic (exact) mass is 302 g/mol. The van der Waals surface area contributed by atoms with Crippen molar-refractivity contribution < 1.29 is 22.1 Å². The van der Waals surface area contributed by atoms with E-state index in [-0.39, 0.29) is 18.8 Å². The molecule has 5 nitrogen and oxygen atoms in total. The molecule has 0 saturated heterocycles. The van der Waals surface area contributed by atoms with Crippen molar-refractivity contribution in [1.82, 2.24) is 0 Å². The topological polar surface area (TPSA) is 61.8 Å². The van der Waals surface area contributed by atoms with E-state index in [1.54, 1.807) is 6.07 Å². The van der Waals surface area contributed by atoms with E-state index in [2.05, 4.69) is 4.18 Å². The van der Waals surface area contributed by atoms with Crippen molar-refractivity contribution in [1.29, 1.82) is 0 Å². The molecule has 0 spiro atoms. The van der Waals surface area contributed by atoms with Crippen LogP contribution in [0.25, 0.3) is 0 Å². The van der Waals surface area contributed by atoms with Gasteiger partial charge in [-0.15, -0.1) is 0 Å². The maximum Gasteiger partial charge on any atom is 0.264 e. The van der Waals surface area contributed by atoms with Gasteiger partial charge in [0, 0.05) is 0 Å². The van der Waals surface area contributed by atoms with Crippen LogP contribution in [0.15, 0.2) is 18.2 Å². The summed E-state index contributed by atoms with van der Waals surface area (Å²) < 4.78 is 37.6. The minimum absolute atomic E-state index is 0.0261. The molecule has 0 aliphatic heterocycles. The van der Waals surface area contributed by atoms with Gasteiger partial charge in [0.05, 0.1) is 6.26 Å². The first kappa shape index (κ1) is 16.8. The van der Waals surface area contributed by atoms with Crippen LogP contribution in [-0.2, 0) is 14.3 Å². The fraction of sp³-hybridized carbons (Fsp3) is 0.571. The van der Waals surface area contributed by atoms with Crippen LogP contribution < -0.4 is 9.47 Å². The van der Waals surface area contributed by atoms with Gasteiger partial charge in [0.15, 0.2) is 11.5 Å². The Bertz CT molecular complexity index is 543. The molecule has 0 bridgehead atoms. The van der Waals surface area contributed by atoms with Crippen LogP contribution in [-0.4, -0.2) is 33.5 Å². The summed E-state index contributed by atoms with van der Waals surface area (Å²) in [5.74, 6) is 1.21. The number of rotatable bonds is 6. The van der Waals surface area contributed by atoms with Crippen molar-refractivity contribution in [3.63, 3.8) is 0 Å². The van der Waals surface area contributed by atoms with Gasteiger partial charge in [0.25, 0.3) is 10.1 Å². The van der Waals surface area contributed by atoms with Gasteiger partial charge in [-0.25, -0.2) is 0 Å². The fourth-order valence-electron chi connectivity index (χ4n) is 1.48. The average molecular weight is 302 g/mol. The summed E-state index contributed by atoms with van der Waals surface area (Å²) in [5.41, 5.74) is 0.721. The highest BCUT2D eigenvalue weighted by atomic mass is 32.2. The van der Waals surface area contributed by atoms with E-state index in [0.29, 0.717) is 11.5 Å². The van der Waals surface area contributed by atoms with Crippen LogP contribution >= 0.6 is 0 Å². The van der Waals surface area contributed by atoms with Gasteiger partial charge in [-0.2, -0.15) is 8.42 Å². The lowest BCUT2D eigenvalue weighted by Gasteiger charge is -2.23. The quantitative estimate of drug-likeness (QED) is 0.597. The van der Waals surface area contributed by atoms with E-state index < -0.39 is 10.1 Å². The Hall–Kier alpha value is -1.27. The van der Waals surface area contributed by atoms with Crippen molar-refractivity contribution in [2.24, 2.45) is 0 Å². The zero-order chi connectivity index (χ0) is 15.4. The molecule has 0 saturated carbocycles. The Kier molecular flexibility index (Phi) is 5.42. The maximum atomic E-state index is 10.8. The summed E-state index contributed by atoms with van der Waals surface area (Å²) in [6.07, 6.45) is 1.01. The molecule has 1 aromatic rings. The van der Waals surface area contributed by atoms with Gasteiger partial charge in [0.2, 0.25) is 0 Å².